The molecule has 0 bridgehead atoms. The van der Waals surface area contributed by atoms with Crippen molar-refractivity contribution < 1.29 is 14.3 Å². The fraction of sp³-hybridized carbons (Fsp3) is 0.812. The quantitative estimate of drug-likeness (QED) is 0.492. The van der Waals surface area contributed by atoms with Crippen LogP contribution in [-0.4, -0.2) is 24.3 Å². The van der Waals surface area contributed by atoms with E-state index >= 15 is 0 Å². The van der Waals surface area contributed by atoms with Gasteiger partial charge in [-0.05, 0) is 38.7 Å². The van der Waals surface area contributed by atoms with Crippen LogP contribution in [0, 0.1) is 5.92 Å². The summed E-state index contributed by atoms with van der Waals surface area (Å²) in [5, 5.41) is 0. The molecule has 112 valence electrons. The van der Waals surface area contributed by atoms with Gasteiger partial charge in [-0.3, -0.25) is 4.79 Å². The molecule has 3 heteroatoms. The van der Waals surface area contributed by atoms with E-state index in [2.05, 4.69) is 33.8 Å². The summed E-state index contributed by atoms with van der Waals surface area (Å²) in [5.41, 5.74) is 0.833. The van der Waals surface area contributed by atoms with E-state index in [4.69, 9.17) is 9.47 Å². The lowest BCUT2D eigenvalue weighted by atomic mass is 10.0. The second kappa shape index (κ2) is 8.36. The lowest BCUT2D eigenvalue weighted by Crippen LogP contribution is -2.36. The number of rotatable bonds is 8. The van der Waals surface area contributed by atoms with Crippen molar-refractivity contribution in [3.05, 3.63) is 11.6 Å². The highest BCUT2D eigenvalue weighted by atomic mass is 16.6. The molecule has 0 aliphatic carbocycles. The van der Waals surface area contributed by atoms with E-state index in [1.165, 1.54) is 5.57 Å². The molecule has 0 saturated heterocycles. The second-order valence-corrected chi connectivity index (χ2v) is 5.87. The summed E-state index contributed by atoms with van der Waals surface area (Å²) in [6.45, 7) is 14.5. The average Bonchev–Trinajstić information content (AvgIpc) is 2.32. The van der Waals surface area contributed by atoms with E-state index in [0.29, 0.717) is 18.9 Å². The maximum atomic E-state index is 11.2. The molecule has 0 unspecified atom stereocenters. The Morgan fingerprint density at radius 2 is 1.74 bits per heavy atom. The van der Waals surface area contributed by atoms with Gasteiger partial charge in [0.1, 0.15) is 6.61 Å². The average molecular weight is 270 g/mol. The lowest BCUT2D eigenvalue weighted by molar-refractivity contribution is -0.155. The lowest BCUT2D eigenvalue weighted by Gasteiger charge is -2.30. The smallest absolute Gasteiger partial charge is 0.305 e. The minimum Gasteiger partial charge on any atom is -0.463 e. The zero-order chi connectivity index (χ0) is 15.1. The van der Waals surface area contributed by atoms with E-state index < -0.39 is 5.60 Å². The molecule has 3 nitrogen and oxygen atoms in total. The fourth-order valence-electron chi connectivity index (χ4n) is 1.91. The number of allylic oxidation sites excluding steroid dienone is 1. The Balaban J connectivity index is 4.50. The molecule has 0 radical (unpaired) electrons. The molecular formula is C16H30O3. The topological polar surface area (TPSA) is 35.5 Å². The Morgan fingerprint density at radius 1 is 1.16 bits per heavy atom. The standard InChI is InChI=1S/C16H30O3/c1-8-14(10-12(3)4)13(5)19-16(6,7)11-18-15(17)9-2/h10,12-13H,8-9,11H2,1-7H3/t13-/m1/s1. The summed E-state index contributed by atoms with van der Waals surface area (Å²) in [6, 6.07) is 0. The molecule has 0 heterocycles. The molecule has 0 aliphatic rings. The molecule has 0 aliphatic heterocycles. The third kappa shape index (κ3) is 8.04. The molecule has 1 atom stereocenters. The SMILES string of the molecule is CCC(=O)OCC(C)(C)O[C@H](C)C(=CC(C)C)CC. The van der Waals surface area contributed by atoms with Crippen LogP contribution in [0.5, 0.6) is 0 Å². The highest BCUT2D eigenvalue weighted by Gasteiger charge is 2.24. The van der Waals surface area contributed by atoms with Crippen molar-refractivity contribution in [3.8, 4) is 0 Å². The van der Waals surface area contributed by atoms with Crippen molar-refractivity contribution in [2.45, 2.75) is 73.0 Å². The number of ether oxygens (including phenoxy) is 2. The highest BCUT2D eigenvalue weighted by Crippen LogP contribution is 2.21. The molecule has 0 amide bonds. The molecule has 0 aromatic heterocycles. The van der Waals surface area contributed by atoms with Crippen LogP contribution >= 0.6 is 0 Å². The summed E-state index contributed by atoms with van der Waals surface area (Å²) in [4.78, 5) is 11.2. The summed E-state index contributed by atoms with van der Waals surface area (Å²) in [7, 11) is 0. The predicted molar refractivity (Wildman–Crippen MR) is 79.1 cm³/mol. The van der Waals surface area contributed by atoms with E-state index in [9.17, 15) is 4.79 Å². The largest absolute Gasteiger partial charge is 0.463 e. The Hall–Kier alpha value is -0.830. The van der Waals surface area contributed by atoms with Crippen molar-refractivity contribution >= 4 is 5.97 Å². The zero-order valence-electron chi connectivity index (χ0n) is 13.6. The number of hydrogen-bond acceptors (Lipinski definition) is 3. The van der Waals surface area contributed by atoms with Crippen LogP contribution in [0.25, 0.3) is 0 Å². The van der Waals surface area contributed by atoms with Crippen molar-refractivity contribution in [2.24, 2.45) is 5.92 Å². The van der Waals surface area contributed by atoms with Crippen LogP contribution < -0.4 is 0 Å². The van der Waals surface area contributed by atoms with Gasteiger partial charge in [-0.1, -0.05) is 33.8 Å². The molecule has 0 aromatic rings. The molecule has 19 heavy (non-hydrogen) atoms. The van der Waals surface area contributed by atoms with E-state index in [1.54, 1.807) is 6.92 Å². The summed E-state index contributed by atoms with van der Waals surface area (Å²) in [6.07, 6.45) is 3.67. The highest BCUT2D eigenvalue weighted by molar-refractivity contribution is 5.68. The summed E-state index contributed by atoms with van der Waals surface area (Å²) in [5.74, 6) is 0.333. The zero-order valence-corrected chi connectivity index (χ0v) is 13.6. The summed E-state index contributed by atoms with van der Waals surface area (Å²) < 4.78 is 11.2. The van der Waals surface area contributed by atoms with Crippen molar-refractivity contribution in [1.82, 2.24) is 0 Å². The monoisotopic (exact) mass is 270 g/mol. The second-order valence-electron chi connectivity index (χ2n) is 5.87. The maximum Gasteiger partial charge on any atom is 0.305 e. The van der Waals surface area contributed by atoms with Crippen LogP contribution in [0.15, 0.2) is 11.6 Å². The van der Waals surface area contributed by atoms with Gasteiger partial charge in [0.2, 0.25) is 0 Å². The van der Waals surface area contributed by atoms with Gasteiger partial charge in [-0.2, -0.15) is 0 Å². The van der Waals surface area contributed by atoms with Gasteiger partial charge >= 0.3 is 5.97 Å². The minimum atomic E-state index is -0.463. The van der Waals surface area contributed by atoms with Crippen LogP contribution in [-0.2, 0) is 14.3 Å². The van der Waals surface area contributed by atoms with Gasteiger partial charge in [0.25, 0.3) is 0 Å². The molecule has 0 fully saturated rings. The van der Waals surface area contributed by atoms with Gasteiger partial charge in [0.15, 0.2) is 0 Å². The summed E-state index contributed by atoms with van der Waals surface area (Å²) >= 11 is 0. The number of hydrogen-bond donors (Lipinski definition) is 0. The molecule has 0 aromatic carbocycles. The van der Waals surface area contributed by atoms with Gasteiger partial charge in [0.05, 0.1) is 11.7 Å². The van der Waals surface area contributed by atoms with E-state index in [0.717, 1.165) is 6.42 Å². The van der Waals surface area contributed by atoms with Crippen molar-refractivity contribution in [3.63, 3.8) is 0 Å². The normalized spacial score (nSPS) is 14.6. The molecule has 0 saturated carbocycles. The molecule has 0 spiro atoms. The van der Waals surface area contributed by atoms with Crippen LogP contribution in [0.4, 0.5) is 0 Å². The van der Waals surface area contributed by atoms with Crippen LogP contribution in [0.3, 0.4) is 0 Å². The Kier molecular flexibility index (Phi) is 8.00. The molecule has 0 rings (SSSR count). The Morgan fingerprint density at radius 3 is 2.16 bits per heavy atom. The third-order valence-corrected chi connectivity index (χ3v) is 2.84. The fourth-order valence-corrected chi connectivity index (χ4v) is 1.91. The number of esters is 1. The predicted octanol–water partition coefficient (Wildman–Crippen LogP) is 4.12. The van der Waals surface area contributed by atoms with E-state index in [1.807, 2.05) is 13.8 Å². The van der Waals surface area contributed by atoms with Crippen LogP contribution in [0.2, 0.25) is 0 Å². The van der Waals surface area contributed by atoms with Gasteiger partial charge < -0.3 is 9.47 Å². The van der Waals surface area contributed by atoms with Gasteiger partial charge in [-0.15, -0.1) is 0 Å². The maximum absolute atomic E-state index is 11.2. The number of carbonyl (C=O) groups excluding carboxylic acids is 1. The Bertz CT molecular complexity index is 303. The Labute approximate surface area is 118 Å². The first-order chi connectivity index (χ1) is 8.71. The minimum absolute atomic E-state index is 0.0442. The molecule has 0 N–H and O–H groups in total. The van der Waals surface area contributed by atoms with Gasteiger partial charge in [0, 0.05) is 6.42 Å². The van der Waals surface area contributed by atoms with Gasteiger partial charge in [-0.25, -0.2) is 0 Å². The first-order valence-corrected chi connectivity index (χ1v) is 7.25. The van der Waals surface area contributed by atoms with E-state index in [-0.39, 0.29) is 12.1 Å². The third-order valence-electron chi connectivity index (χ3n) is 2.84. The first kappa shape index (κ1) is 18.2. The van der Waals surface area contributed by atoms with Crippen molar-refractivity contribution in [1.29, 1.82) is 0 Å². The molecular weight excluding hydrogens is 240 g/mol. The number of carbonyl (C=O) groups is 1. The first-order valence-electron chi connectivity index (χ1n) is 7.25. The van der Waals surface area contributed by atoms with Crippen molar-refractivity contribution in [2.75, 3.05) is 6.61 Å². The van der Waals surface area contributed by atoms with Crippen LogP contribution in [0.1, 0.15) is 61.3 Å².